The van der Waals surface area contributed by atoms with Crippen LogP contribution >= 0.6 is 0 Å². The summed E-state index contributed by atoms with van der Waals surface area (Å²) in [7, 11) is 0. The highest BCUT2D eigenvalue weighted by Gasteiger charge is 2.30. The molecule has 9 heteroatoms. The molecule has 2 aromatic heterocycles. The van der Waals surface area contributed by atoms with Gasteiger partial charge in [0, 0.05) is 42.9 Å². The first-order valence-corrected chi connectivity index (χ1v) is 16.7. The van der Waals surface area contributed by atoms with Gasteiger partial charge in [-0.25, -0.2) is 0 Å². The number of pyridine rings is 2. The largest absolute Gasteiger partial charge is 0.393 e. The van der Waals surface area contributed by atoms with E-state index in [1.165, 1.54) is 5.56 Å². The third-order valence-corrected chi connectivity index (χ3v) is 9.91. The van der Waals surface area contributed by atoms with Crippen LogP contribution in [0.1, 0.15) is 105 Å². The van der Waals surface area contributed by atoms with Gasteiger partial charge in [-0.1, -0.05) is 24.3 Å². The molecular weight excluding hydrogens is 588 g/mol. The number of carbonyl (C=O) groups is 2. The first-order chi connectivity index (χ1) is 22.8. The number of aliphatic hydroxyl groups is 1. The average Bonchev–Trinajstić information content (AvgIpc) is 3.99. The second-order valence-corrected chi connectivity index (χ2v) is 13.4. The summed E-state index contributed by atoms with van der Waals surface area (Å²) in [5, 5.41) is 19.3. The third kappa shape index (κ3) is 6.70. The molecule has 242 valence electrons. The van der Waals surface area contributed by atoms with Gasteiger partial charge in [0.1, 0.15) is 11.4 Å². The van der Waals surface area contributed by atoms with Crippen LogP contribution in [0.25, 0.3) is 11.1 Å². The van der Waals surface area contributed by atoms with E-state index in [0.717, 1.165) is 77.5 Å². The van der Waals surface area contributed by atoms with Gasteiger partial charge in [-0.15, -0.1) is 0 Å². The molecule has 2 amide bonds. The Kier molecular flexibility index (Phi) is 8.61. The van der Waals surface area contributed by atoms with Gasteiger partial charge in [0.25, 0.3) is 11.8 Å². The lowest BCUT2D eigenvalue weighted by atomic mass is 9.89. The Hall–Kier alpha value is -4.44. The molecular formula is C38H42N6O3. The van der Waals surface area contributed by atoms with Crippen molar-refractivity contribution in [2.75, 3.05) is 10.6 Å². The van der Waals surface area contributed by atoms with Gasteiger partial charge in [-0.3, -0.25) is 19.6 Å². The zero-order valence-corrected chi connectivity index (χ0v) is 27.0. The molecule has 6 N–H and O–H groups in total. The highest BCUT2D eigenvalue weighted by atomic mass is 16.3. The van der Waals surface area contributed by atoms with Crippen LogP contribution in [0.3, 0.4) is 0 Å². The van der Waals surface area contributed by atoms with Gasteiger partial charge in [0.15, 0.2) is 0 Å². The molecule has 3 aliphatic rings. The van der Waals surface area contributed by atoms with Crippen LogP contribution < -0.4 is 21.7 Å². The van der Waals surface area contributed by atoms with Crippen molar-refractivity contribution >= 4 is 23.2 Å². The molecule has 0 atom stereocenters. The molecule has 0 unspecified atom stereocenters. The molecule has 3 saturated carbocycles. The summed E-state index contributed by atoms with van der Waals surface area (Å²) >= 11 is 0. The standard InChI is InChI=1S/C38H42N6O3/c1-21-29(5-3-7-33(21)43-37(46)35-15-31(23-9-10-23)25(17-39)18-41-35)30-6-4-8-34(22(30)2)44-38(47)36-16-32(24-11-12-24)26(20-42-36)19-40-27-13-28(45)14-27/h3-8,15-16,18,20,23-24,27-28,40,45H,9-14,17,19,39H2,1-2H3,(H,43,46)(H,44,47)/t27-,28+. The van der Waals surface area contributed by atoms with E-state index in [0.29, 0.717) is 53.7 Å². The molecule has 3 fully saturated rings. The maximum Gasteiger partial charge on any atom is 0.274 e. The molecule has 7 rings (SSSR count). The SMILES string of the molecule is Cc1c(NC(=O)c2cc(C3CC3)c(CN)cn2)cccc1-c1cccc(NC(=O)c2cc(C3CC3)c(CN[C@H]3C[C@@H](O)C3)cn2)c1C. The molecule has 9 nitrogen and oxygen atoms in total. The molecule has 0 bridgehead atoms. The first-order valence-electron chi connectivity index (χ1n) is 16.7. The Balaban J connectivity index is 1.08. The molecule has 2 aromatic carbocycles. The van der Waals surface area contributed by atoms with Crippen molar-refractivity contribution in [2.45, 2.75) is 89.4 Å². The van der Waals surface area contributed by atoms with Crippen LogP contribution in [-0.4, -0.2) is 39.0 Å². The van der Waals surface area contributed by atoms with E-state index in [2.05, 4.69) is 25.9 Å². The number of benzene rings is 2. The van der Waals surface area contributed by atoms with E-state index < -0.39 is 0 Å². The predicted octanol–water partition coefficient (Wildman–Crippen LogP) is 6.09. The molecule has 0 saturated heterocycles. The van der Waals surface area contributed by atoms with Gasteiger partial charge in [0.2, 0.25) is 0 Å². The molecule has 0 radical (unpaired) electrons. The molecule has 0 aliphatic heterocycles. The normalized spacial score (nSPS) is 18.8. The minimum absolute atomic E-state index is 0.196. The highest BCUT2D eigenvalue weighted by Crippen LogP contribution is 2.43. The van der Waals surface area contributed by atoms with Gasteiger partial charge in [-0.2, -0.15) is 0 Å². The second-order valence-electron chi connectivity index (χ2n) is 13.4. The number of hydrogen-bond donors (Lipinski definition) is 5. The van der Waals surface area contributed by atoms with E-state index in [9.17, 15) is 14.7 Å². The van der Waals surface area contributed by atoms with E-state index in [-0.39, 0.29) is 17.9 Å². The quantitative estimate of drug-likeness (QED) is 0.135. The van der Waals surface area contributed by atoms with Crippen LogP contribution in [0.4, 0.5) is 11.4 Å². The number of nitrogens with two attached hydrogens (primary N) is 1. The summed E-state index contributed by atoms with van der Waals surface area (Å²) in [5.74, 6) is 0.436. The zero-order chi connectivity index (χ0) is 32.7. The Morgan fingerprint density at radius 3 is 1.74 bits per heavy atom. The van der Waals surface area contributed by atoms with E-state index >= 15 is 0 Å². The fraction of sp³-hybridized carbons (Fsp3) is 0.368. The van der Waals surface area contributed by atoms with Gasteiger partial charge < -0.3 is 26.8 Å². The summed E-state index contributed by atoms with van der Waals surface area (Å²) in [6.07, 6.45) is 9.41. The van der Waals surface area contributed by atoms with E-state index in [1.807, 2.05) is 68.6 Å². The topological polar surface area (TPSA) is 142 Å². The number of nitrogens with zero attached hydrogens (tertiary/aromatic N) is 2. The van der Waals surface area contributed by atoms with Crippen molar-refractivity contribution in [1.82, 2.24) is 15.3 Å². The third-order valence-electron chi connectivity index (χ3n) is 9.91. The zero-order valence-electron chi connectivity index (χ0n) is 27.0. The molecule has 47 heavy (non-hydrogen) atoms. The molecule has 2 heterocycles. The van der Waals surface area contributed by atoms with Crippen molar-refractivity contribution in [2.24, 2.45) is 5.73 Å². The Morgan fingerprint density at radius 2 is 1.28 bits per heavy atom. The summed E-state index contributed by atoms with van der Waals surface area (Å²) in [5.41, 5.74) is 16.3. The second kappa shape index (κ2) is 13.0. The Bertz CT molecular complexity index is 1840. The van der Waals surface area contributed by atoms with Crippen molar-refractivity contribution in [3.8, 4) is 11.1 Å². The number of rotatable bonds is 11. The van der Waals surface area contributed by atoms with Crippen LogP contribution in [-0.2, 0) is 13.1 Å². The first kappa shape index (κ1) is 31.2. The molecule has 0 spiro atoms. The maximum atomic E-state index is 13.5. The number of carbonyl (C=O) groups excluding carboxylic acids is 2. The summed E-state index contributed by atoms with van der Waals surface area (Å²) in [4.78, 5) is 35.7. The van der Waals surface area contributed by atoms with E-state index in [4.69, 9.17) is 5.73 Å². The van der Waals surface area contributed by atoms with Gasteiger partial charge in [-0.05, 0) is 133 Å². The maximum absolute atomic E-state index is 13.5. The highest BCUT2D eigenvalue weighted by molar-refractivity contribution is 6.05. The average molecular weight is 631 g/mol. The lowest BCUT2D eigenvalue weighted by Gasteiger charge is -2.32. The fourth-order valence-electron chi connectivity index (χ4n) is 6.62. The fourth-order valence-corrected chi connectivity index (χ4v) is 6.62. The number of amides is 2. The number of aromatic nitrogens is 2. The number of nitrogens with one attached hydrogen (secondary N) is 3. The molecule has 3 aliphatic carbocycles. The van der Waals surface area contributed by atoms with Crippen molar-refractivity contribution in [3.05, 3.63) is 106 Å². The summed E-state index contributed by atoms with van der Waals surface area (Å²) < 4.78 is 0. The van der Waals surface area contributed by atoms with Gasteiger partial charge >= 0.3 is 0 Å². The lowest BCUT2D eigenvalue weighted by Crippen LogP contribution is -2.43. The Labute approximate surface area is 275 Å². The molecule has 4 aromatic rings. The summed E-state index contributed by atoms with van der Waals surface area (Å²) in [6, 6.07) is 15.9. The van der Waals surface area contributed by atoms with Crippen molar-refractivity contribution in [1.29, 1.82) is 0 Å². The number of hydrogen-bond acceptors (Lipinski definition) is 7. The lowest BCUT2D eigenvalue weighted by molar-refractivity contribution is 0.0619. The van der Waals surface area contributed by atoms with Crippen molar-refractivity contribution in [3.63, 3.8) is 0 Å². The van der Waals surface area contributed by atoms with E-state index in [1.54, 1.807) is 6.20 Å². The van der Waals surface area contributed by atoms with Crippen LogP contribution in [0, 0.1) is 13.8 Å². The smallest absolute Gasteiger partial charge is 0.274 e. The number of anilines is 2. The minimum atomic E-state index is -0.254. The van der Waals surface area contributed by atoms with Crippen LogP contribution in [0.2, 0.25) is 0 Å². The minimum Gasteiger partial charge on any atom is -0.393 e. The van der Waals surface area contributed by atoms with Crippen LogP contribution in [0.15, 0.2) is 60.9 Å². The van der Waals surface area contributed by atoms with Crippen LogP contribution in [0.5, 0.6) is 0 Å². The Morgan fingerprint density at radius 1 is 0.787 bits per heavy atom. The van der Waals surface area contributed by atoms with Gasteiger partial charge in [0.05, 0.1) is 6.10 Å². The summed E-state index contributed by atoms with van der Waals surface area (Å²) in [6.45, 7) is 5.09. The number of aliphatic hydroxyl groups excluding tert-OH is 1. The van der Waals surface area contributed by atoms with Crippen molar-refractivity contribution < 1.29 is 14.7 Å². The predicted molar refractivity (Wildman–Crippen MR) is 183 cm³/mol. The monoisotopic (exact) mass is 630 g/mol.